The molecular formula is C27H24FN3O5. The summed E-state index contributed by atoms with van der Waals surface area (Å²) in [4.78, 5) is 53.6. The van der Waals surface area contributed by atoms with Gasteiger partial charge in [-0.25, -0.2) is 14.3 Å². The summed E-state index contributed by atoms with van der Waals surface area (Å²) in [5, 5.41) is 0.839. The molecule has 1 N–H and O–H groups in total. The van der Waals surface area contributed by atoms with Gasteiger partial charge >= 0.3 is 0 Å². The van der Waals surface area contributed by atoms with Crippen molar-refractivity contribution in [3.8, 4) is 5.75 Å². The first-order chi connectivity index (χ1) is 17.4. The Kier molecular flexibility index (Phi) is 7.39. The van der Waals surface area contributed by atoms with E-state index < -0.39 is 35.5 Å². The average molecular weight is 490 g/mol. The lowest BCUT2D eigenvalue weighted by atomic mass is 10.1. The molecule has 4 amide bonds. The van der Waals surface area contributed by atoms with E-state index in [1.54, 1.807) is 61.5 Å². The highest BCUT2D eigenvalue weighted by atomic mass is 19.1. The topological polar surface area (TPSA) is 96.0 Å². The number of carbonyl (C=O) groups excluding carboxylic acids is 4. The molecular weight excluding hydrogens is 465 g/mol. The van der Waals surface area contributed by atoms with E-state index in [4.69, 9.17) is 4.74 Å². The van der Waals surface area contributed by atoms with Gasteiger partial charge in [-0.3, -0.25) is 24.6 Å². The van der Waals surface area contributed by atoms with E-state index in [2.05, 4.69) is 5.43 Å². The summed E-state index contributed by atoms with van der Waals surface area (Å²) < 4.78 is 19.8. The van der Waals surface area contributed by atoms with E-state index in [-0.39, 0.29) is 24.1 Å². The number of para-hydroxylation sites is 2. The summed E-state index contributed by atoms with van der Waals surface area (Å²) in [6.45, 7) is 2.09. The molecule has 1 fully saturated rings. The van der Waals surface area contributed by atoms with Gasteiger partial charge in [0.05, 0.1) is 30.7 Å². The standard InChI is InChI=1S/C27H24FN3O5/c1-2-36-23-15-9-8-14-21(23)30-24(32)17-22(27(30)35)31(25(33)16-18-10-4-3-5-11-18)29-26(34)19-12-6-7-13-20(19)28/h3-15,22H,2,16-17H2,1H3,(H,29,34). The highest BCUT2D eigenvalue weighted by molar-refractivity contribution is 6.23. The predicted molar refractivity (Wildman–Crippen MR) is 129 cm³/mol. The van der Waals surface area contributed by atoms with Gasteiger partial charge in [0.1, 0.15) is 17.6 Å². The highest BCUT2D eigenvalue weighted by Gasteiger charge is 2.46. The van der Waals surface area contributed by atoms with Crippen LogP contribution in [0.1, 0.15) is 29.3 Å². The van der Waals surface area contributed by atoms with Gasteiger partial charge in [0.15, 0.2) is 0 Å². The van der Waals surface area contributed by atoms with Gasteiger partial charge in [0.2, 0.25) is 11.8 Å². The third-order valence-electron chi connectivity index (χ3n) is 5.65. The second-order valence-corrected chi connectivity index (χ2v) is 8.03. The summed E-state index contributed by atoms with van der Waals surface area (Å²) in [6, 6.07) is 19.3. The molecule has 1 atom stereocenters. The summed E-state index contributed by atoms with van der Waals surface area (Å²) in [6.07, 6.45) is -0.511. The Morgan fingerprint density at radius 3 is 2.39 bits per heavy atom. The van der Waals surface area contributed by atoms with Crippen LogP contribution in [-0.4, -0.2) is 41.3 Å². The van der Waals surface area contributed by atoms with Crippen LogP contribution in [0.5, 0.6) is 5.75 Å². The number of nitrogens with one attached hydrogen (secondary N) is 1. The normalized spacial score (nSPS) is 15.1. The van der Waals surface area contributed by atoms with E-state index in [1.165, 1.54) is 18.2 Å². The molecule has 1 heterocycles. The van der Waals surface area contributed by atoms with Gasteiger partial charge in [-0.15, -0.1) is 0 Å². The van der Waals surface area contributed by atoms with Crippen molar-refractivity contribution in [2.45, 2.75) is 25.8 Å². The molecule has 0 aliphatic carbocycles. The summed E-state index contributed by atoms with van der Waals surface area (Å²) in [7, 11) is 0. The molecule has 0 saturated carbocycles. The van der Waals surface area contributed by atoms with Crippen molar-refractivity contribution in [3.63, 3.8) is 0 Å². The first kappa shape index (κ1) is 24.6. The molecule has 9 heteroatoms. The van der Waals surface area contributed by atoms with Crippen molar-refractivity contribution in [2.24, 2.45) is 0 Å². The van der Waals surface area contributed by atoms with Crippen molar-refractivity contribution in [2.75, 3.05) is 11.5 Å². The van der Waals surface area contributed by atoms with Crippen molar-refractivity contribution < 1.29 is 28.3 Å². The third-order valence-corrected chi connectivity index (χ3v) is 5.65. The number of hydrogen-bond acceptors (Lipinski definition) is 5. The maximum atomic E-state index is 14.2. The van der Waals surface area contributed by atoms with Crippen LogP contribution < -0.4 is 15.1 Å². The SMILES string of the molecule is CCOc1ccccc1N1C(=O)CC(N(NC(=O)c2ccccc2F)C(=O)Cc2ccccc2)C1=O. The fourth-order valence-corrected chi connectivity index (χ4v) is 3.97. The van der Waals surface area contributed by atoms with Crippen LogP contribution in [0.15, 0.2) is 78.9 Å². The molecule has 36 heavy (non-hydrogen) atoms. The number of carbonyl (C=O) groups is 4. The molecule has 0 aromatic heterocycles. The number of hydrogen-bond donors (Lipinski definition) is 1. The first-order valence-electron chi connectivity index (χ1n) is 11.4. The van der Waals surface area contributed by atoms with Crippen molar-refractivity contribution in [1.82, 2.24) is 10.4 Å². The smallest absolute Gasteiger partial charge is 0.272 e. The fourth-order valence-electron chi connectivity index (χ4n) is 3.97. The van der Waals surface area contributed by atoms with Crippen LogP contribution >= 0.6 is 0 Å². The Morgan fingerprint density at radius 1 is 1.00 bits per heavy atom. The van der Waals surface area contributed by atoms with Gasteiger partial charge in [0.25, 0.3) is 11.8 Å². The zero-order chi connectivity index (χ0) is 25.7. The van der Waals surface area contributed by atoms with E-state index >= 15 is 0 Å². The Bertz CT molecular complexity index is 1300. The van der Waals surface area contributed by atoms with Crippen molar-refractivity contribution >= 4 is 29.3 Å². The lowest BCUT2D eigenvalue weighted by molar-refractivity contribution is -0.140. The quantitative estimate of drug-likeness (QED) is 0.406. The fraction of sp³-hybridized carbons (Fsp3) is 0.185. The molecule has 4 rings (SSSR count). The van der Waals surface area contributed by atoms with Gasteiger partial charge in [0, 0.05) is 0 Å². The van der Waals surface area contributed by atoms with Gasteiger partial charge in [-0.05, 0) is 36.8 Å². The molecule has 1 unspecified atom stereocenters. The summed E-state index contributed by atoms with van der Waals surface area (Å²) in [5.41, 5.74) is 2.96. The molecule has 1 saturated heterocycles. The van der Waals surface area contributed by atoms with Gasteiger partial charge in [-0.2, -0.15) is 0 Å². The number of benzene rings is 3. The minimum absolute atomic E-state index is 0.147. The minimum atomic E-state index is -1.32. The number of anilines is 1. The highest BCUT2D eigenvalue weighted by Crippen LogP contribution is 2.33. The van der Waals surface area contributed by atoms with Crippen LogP contribution in [0.25, 0.3) is 0 Å². The largest absolute Gasteiger partial charge is 0.492 e. The minimum Gasteiger partial charge on any atom is -0.492 e. The number of rotatable bonds is 7. The number of hydrazine groups is 1. The van der Waals surface area contributed by atoms with Crippen LogP contribution in [0, 0.1) is 5.82 Å². The predicted octanol–water partition coefficient (Wildman–Crippen LogP) is 3.27. The van der Waals surface area contributed by atoms with Crippen LogP contribution in [0.3, 0.4) is 0 Å². The lowest BCUT2D eigenvalue weighted by Gasteiger charge is -2.28. The lowest BCUT2D eigenvalue weighted by Crippen LogP contribution is -2.55. The second kappa shape index (κ2) is 10.8. The van der Waals surface area contributed by atoms with Crippen LogP contribution in [-0.2, 0) is 20.8 Å². The maximum Gasteiger partial charge on any atom is 0.272 e. The molecule has 3 aromatic carbocycles. The van der Waals surface area contributed by atoms with Gasteiger partial charge in [-0.1, -0.05) is 54.6 Å². The number of ether oxygens (including phenoxy) is 1. The molecule has 184 valence electrons. The number of imide groups is 1. The van der Waals surface area contributed by atoms with Gasteiger partial charge < -0.3 is 4.74 Å². The zero-order valence-electron chi connectivity index (χ0n) is 19.5. The summed E-state index contributed by atoms with van der Waals surface area (Å²) in [5.74, 6) is -3.26. The Hall–Kier alpha value is -4.53. The number of nitrogens with zero attached hydrogens (tertiary/aromatic N) is 2. The second-order valence-electron chi connectivity index (χ2n) is 8.03. The van der Waals surface area contributed by atoms with Crippen molar-refractivity contribution in [1.29, 1.82) is 0 Å². The molecule has 3 aromatic rings. The molecule has 8 nitrogen and oxygen atoms in total. The Balaban J connectivity index is 1.66. The monoisotopic (exact) mass is 489 g/mol. The van der Waals surface area contributed by atoms with E-state index in [9.17, 15) is 23.6 Å². The molecule has 0 spiro atoms. The summed E-state index contributed by atoms with van der Waals surface area (Å²) >= 11 is 0. The molecule has 1 aliphatic rings. The zero-order valence-corrected chi connectivity index (χ0v) is 19.5. The van der Waals surface area contributed by atoms with Crippen molar-refractivity contribution in [3.05, 3.63) is 95.8 Å². The molecule has 1 aliphatic heterocycles. The van der Waals surface area contributed by atoms with Crippen LogP contribution in [0.4, 0.5) is 10.1 Å². The van der Waals surface area contributed by atoms with E-state index in [0.717, 1.165) is 16.0 Å². The number of halogens is 1. The van der Waals surface area contributed by atoms with E-state index in [0.29, 0.717) is 17.9 Å². The maximum absolute atomic E-state index is 14.2. The average Bonchev–Trinajstić information content (AvgIpc) is 3.17. The van der Waals surface area contributed by atoms with E-state index in [1.807, 2.05) is 0 Å². The number of amides is 4. The third kappa shape index (κ3) is 5.10. The molecule has 0 radical (unpaired) electrons. The molecule has 0 bridgehead atoms. The van der Waals surface area contributed by atoms with Crippen LogP contribution in [0.2, 0.25) is 0 Å². The Morgan fingerprint density at radius 2 is 1.67 bits per heavy atom. The first-order valence-corrected chi connectivity index (χ1v) is 11.4. The Labute approximate surface area is 207 Å².